The monoisotopic (exact) mass is 285 g/mol. The fourth-order valence-electron chi connectivity index (χ4n) is 1.66. The number of anilines is 1. The minimum absolute atomic E-state index is 0.0400. The van der Waals surface area contributed by atoms with Crippen molar-refractivity contribution in [2.75, 3.05) is 32.2 Å². The molecule has 1 atom stereocenters. The highest BCUT2D eigenvalue weighted by molar-refractivity contribution is 5.94. The Kier molecular flexibility index (Phi) is 5.35. The molecule has 1 aromatic rings. The standard InChI is InChI=1S/C11H15N3O6/c1-13(5-8(15)6-20-2)10-9(11(16)17)3-7(4-12-10)14(18)19/h3-4,8,15H,5-6H2,1-2H3,(H,16,17). The van der Waals surface area contributed by atoms with Crippen molar-refractivity contribution in [1.82, 2.24) is 4.98 Å². The van der Waals surface area contributed by atoms with E-state index >= 15 is 0 Å². The first-order valence-corrected chi connectivity index (χ1v) is 5.62. The van der Waals surface area contributed by atoms with E-state index in [1.54, 1.807) is 0 Å². The number of aromatic carboxylic acids is 1. The highest BCUT2D eigenvalue weighted by Crippen LogP contribution is 2.21. The number of rotatable bonds is 7. The Morgan fingerprint density at radius 3 is 2.80 bits per heavy atom. The molecule has 0 saturated carbocycles. The van der Waals surface area contributed by atoms with E-state index in [0.29, 0.717) is 0 Å². The van der Waals surface area contributed by atoms with E-state index in [4.69, 9.17) is 9.84 Å². The minimum atomic E-state index is -1.33. The van der Waals surface area contributed by atoms with Gasteiger partial charge in [0.15, 0.2) is 0 Å². The van der Waals surface area contributed by atoms with E-state index in [1.165, 1.54) is 19.1 Å². The maximum atomic E-state index is 11.1. The Hall–Kier alpha value is -2.26. The number of carbonyl (C=O) groups is 1. The van der Waals surface area contributed by atoms with E-state index in [2.05, 4.69) is 4.98 Å². The lowest BCUT2D eigenvalue weighted by molar-refractivity contribution is -0.385. The Morgan fingerprint density at radius 2 is 2.30 bits per heavy atom. The average Bonchev–Trinajstić information content (AvgIpc) is 2.37. The van der Waals surface area contributed by atoms with Gasteiger partial charge in [-0.05, 0) is 0 Å². The van der Waals surface area contributed by atoms with Crippen molar-refractivity contribution < 1.29 is 24.7 Å². The van der Waals surface area contributed by atoms with Crippen molar-refractivity contribution in [2.24, 2.45) is 0 Å². The summed E-state index contributed by atoms with van der Waals surface area (Å²) in [5, 5.41) is 29.3. The number of hydrogen-bond donors (Lipinski definition) is 2. The summed E-state index contributed by atoms with van der Waals surface area (Å²) in [4.78, 5) is 26.2. The predicted molar refractivity (Wildman–Crippen MR) is 69.0 cm³/mol. The molecule has 2 N–H and O–H groups in total. The lowest BCUT2D eigenvalue weighted by atomic mass is 10.2. The van der Waals surface area contributed by atoms with Gasteiger partial charge in [-0.2, -0.15) is 0 Å². The van der Waals surface area contributed by atoms with Crippen LogP contribution in [0.15, 0.2) is 12.3 Å². The molecule has 0 aliphatic carbocycles. The third-order valence-corrected chi connectivity index (χ3v) is 2.50. The quantitative estimate of drug-likeness (QED) is 0.534. The molecule has 9 nitrogen and oxygen atoms in total. The van der Waals surface area contributed by atoms with E-state index in [0.717, 1.165) is 12.3 Å². The first kappa shape index (κ1) is 15.8. The van der Waals surface area contributed by atoms with Gasteiger partial charge in [0.2, 0.25) is 0 Å². The van der Waals surface area contributed by atoms with Crippen molar-refractivity contribution in [3.05, 3.63) is 27.9 Å². The highest BCUT2D eigenvalue weighted by atomic mass is 16.6. The molecule has 0 saturated heterocycles. The Bertz CT molecular complexity index is 507. The van der Waals surface area contributed by atoms with Crippen LogP contribution in [0.5, 0.6) is 0 Å². The lowest BCUT2D eigenvalue weighted by Gasteiger charge is -2.22. The first-order chi connectivity index (χ1) is 9.36. The highest BCUT2D eigenvalue weighted by Gasteiger charge is 2.21. The fraction of sp³-hybridized carbons (Fsp3) is 0.455. The molecule has 1 aromatic heterocycles. The normalized spacial score (nSPS) is 11.9. The number of nitrogens with zero attached hydrogens (tertiary/aromatic N) is 3. The summed E-state index contributed by atoms with van der Waals surface area (Å²) in [6.45, 7) is 0.165. The molecule has 0 radical (unpaired) electrons. The zero-order chi connectivity index (χ0) is 15.3. The third-order valence-electron chi connectivity index (χ3n) is 2.50. The number of aromatic nitrogens is 1. The second-order valence-corrected chi connectivity index (χ2v) is 4.12. The number of ether oxygens (including phenoxy) is 1. The third kappa shape index (κ3) is 3.87. The van der Waals surface area contributed by atoms with Crippen LogP contribution < -0.4 is 4.90 Å². The topological polar surface area (TPSA) is 126 Å². The van der Waals surface area contributed by atoms with Crippen LogP contribution in [0.4, 0.5) is 11.5 Å². The molecule has 1 heterocycles. The molecule has 0 amide bonds. The van der Waals surface area contributed by atoms with Crippen LogP contribution in [-0.4, -0.2) is 59.5 Å². The Labute approximate surface area is 114 Å². The molecule has 1 rings (SSSR count). The summed E-state index contributed by atoms with van der Waals surface area (Å²) in [5.74, 6) is -1.29. The molecule has 0 aromatic carbocycles. The van der Waals surface area contributed by atoms with Crippen LogP contribution in [-0.2, 0) is 4.74 Å². The summed E-state index contributed by atoms with van der Waals surface area (Å²) in [7, 11) is 2.95. The summed E-state index contributed by atoms with van der Waals surface area (Å²) in [6.07, 6.45) is 0.143. The lowest BCUT2D eigenvalue weighted by Crippen LogP contribution is -2.33. The summed E-state index contributed by atoms with van der Waals surface area (Å²) >= 11 is 0. The molecule has 20 heavy (non-hydrogen) atoms. The molecule has 1 unspecified atom stereocenters. The van der Waals surface area contributed by atoms with Gasteiger partial charge < -0.3 is 19.8 Å². The van der Waals surface area contributed by atoms with Gasteiger partial charge in [0.05, 0.1) is 17.6 Å². The number of aliphatic hydroxyl groups is 1. The molecular formula is C11H15N3O6. The van der Waals surface area contributed by atoms with Gasteiger partial charge in [-0.15, -0.1) is 0 Å². The van der Waals surface area contributed by atoms with Gasteiger partial charge in [0.25, 0.3) is 5.69 Å². The summed E-state index contributed by atoms with van der Waals surface area (Å²) < 4.78 is 4.77. The van der Waals surface area contributed by atoms with Crippen molar-refractivity contribution in [3.63, 3.8) is 0 Å². The van der Waals surface area contributed by atoms with Gasteiger partial charge in [-0.25, -0.2) is 9.78 Å². The molecular weight excluding hydrogens is 270 g/mol. The van der Waals surface area contributed by atoms with Crippen molar-refractivity contribution in [3.8, 4) is 0 Å². The summed E-state index contributed by atoms with van der Waals surface area (Å²) in [6, 6.07) is 0.934. The van der Waals surface area contributed by atoms with Crippen molar-refractivity contribution in [1.29, 1.82) is 0 Å². The first-order valence-electron chi connectivity index (χ1n) is 5.62. The second-order valence-electron chi connectivity index (χ2n) is 4.12. The molecule has 9 heteroatoms. The number of nitro groups is 1. The van der Waals surface area contributed by atoms with Gasteiger partial charge in [0.1, 0.15) is 17.6 Å². The van der Waals surface area contributed by atoms with E-state index < -0.39 is 22.7 Å². The smallest absolute Gasteiger partial charge is 0.339 e. The Morgan fingerprint density at radius 1 is 1.65 bits per heavy atom. The number of pyridine rings is 1. The maximum absolute atomic E-state index is 11.1. The summed E-state index contributed by atoms with van der Waals surface area (Å²) in [5.41, 5.74) is -0.705. The maximum Gasteiger partial charge on any atom is 0.339 e. The van der Waals surface area contributed by atoms with Crippen LogP contribution in [0.25, 0.3) is 0 Å². The zero-order valence-corrected chi connectivity index (χ0v) is 11.0. The molecule has 0 aliphatic heterocycles. The second kappa shape index (κ2) is 6.78. The molecule has 110 valence electrons. The van der Waals surface area contributed by atoms with Gasteiger partial charge in [-0.3, -0.25) is 10.1 Å². The number of carboxylic acids is 1. The minimum Gasteiger partial charge on any atom is -0.478 e. The molecule has 0 spiro atoms. The SMILES string of the molecule is COCC(O)CN(C)c1ncc([N+](=O)[O-])cc1C(=O)O. The number of likely N-dealkylation sites (N-methyl/N-ethyl adjacent to an activating group) is 1. The number of aliphatic hydroxyl groups excluding tert-OH is 1. The van der Waals surface area contributed by atoms with Crippen molar-refractivity contribution in [2.45, 2.75) is 6.10 Å². The molecule has 0 fully saturated rings. The number of methoxy groups -OCH3 is 1. The van der Waals surface area contributed by atoms with Crippen LogP contribution in [0.3, 0.4) is 0 Å². The number of hydrogen-bond acceptors (Lipinski definition) is 7. The largest absolute Gasteiger partial charge is 0.478 e. The predicted octanol–water partition coefficient (Wildman–Crippen LogP) is 0.132. The fourth-order valence-corrected chi connectivity index (χ4v) is 1.66. The number of carboxylic acid groups (broad SMARTS) is 1. The van der Waals surface area contributed by atoms with Crippen LogP contribution >= 0.6 is 0 Å². The Balaban J connectivity index is 3.04. The van der Waals surface area contributed by atoms with Crippen LogP contribution in [0.1, 0.15) is 10.4 Å². The van der Waals surface area contributed by atoms with Gasteiger partial charge in [-0.1, -0.05) is 0 Å². The van der Waals surface area contributed by atoms with Gasteiger partial charge >= 0.3 is 5.97 Å². The van der Waals surface area contributed by atoms with Crippen LogP contribution in [0, 0.1) is 10.1 Å². The zero-order valence-electron chi connectivity index (χ0n) is 11.0. The van der Waals surface area contributed by atoms with Gasteiger partial charge in [0, 0.05) is 26.8 Å². The average molecular weight is 285 g/mol. The molecule has 0 aliphatic rings. The molecule has 0 bridgehead atoms. The van der Waals surface area contributed by atoms with Crippen molar-refractivity contribution >= 4 is 17.5 Å². The van der Waals surface area contributed by atoms with Crippen LogP contribution in [0.2, 0.25) is 0 Å². The van der Waals surface area contributed by atoms with E-state index in [9.17, 15) is 20.0 Å². The van der Waals surface area contributed by atoms with E-state index in [1.807, 2.05) is 0 Å². The van der Waals surface area contributed by atoms with E-state index in [-0.39, 0.29) is 24.5 Å².